The predicted molar refractivity (Wildman–Crippen MR) is 71.1 cm³/mol. The number of hydrogen-bond acceptors (Lipinski definition) is 5. The van der Waals surface area contributed by atoms with Crippen molar-refractivity contribution in [3.8, 4) is 0 Å². The first-order valence-electron chi connectivity index (χ1n) is 7.05. The topological polar surface area (TPSA) is 105 Å². The van der Waals surface area contributed by atoms with Crippen molar-refractivity contribution in [3.63, 3.8) is 0 Å². The van der Waals surface area contributed by atoms with Crippen LogP contribution in [0.5, 0.6) is 0 Å². The lowest BCUT2D eigenvalue weighted by molar-refractivity contribution is -0.156. The summed E-state index contributed by atoms with van der Waals surface area (Å²) in [7, 11) is 0. The number of hydrogen-bond donors (Lipinski definition) is 2. The second-order valence-electron chi connectivity index (χ2n) is 5.26. The van der Waals surface area contributed by atoms with Crippen molar-refractivity contribution < 1.29 is 23.9 Å². The van der Waals surface area contributed by atoms with Gasteiger partial charge in [0.15, 0.2) is 6.10 Å². The summed E-state index contributed by atoms with van der Waals surface area (Å²) in [6.07, 6.45) is 3.11. The molecule has 8 nitrogen and oxygen atoms in total. The molecule has 1 saturated heterocycles. The third kappa shape index (κ3) is 3.93. The van der Waals surface area contributed by atoms with Crippen LogP contribution in [0.2, 0.25) is 0 Å². The molecule has 1 saturated carbocycles. The Balaban J connectivity index is 1.77. The Labute approximate surface area is 122 Å². The molecule has 1 heterocycles. The second kappa shape index (κ2) is 6.55. The van der Waals surface area contributed by atoms with Crippen molar-refractivity contribution in [2.75, 3.05) is 13.1 Å². The number of nitrogens with zero attached hydrogens (tertiary/aromatic N) is 1. The van der Waals surface area contributed by atoms with E-state index in [-0.39, 0.29) is 18.5 Å². The molecule has 116 valence electrons. The number of imide groups is 1. The number of nitrogens with one attached hydrogen (secondary N) is 2. The predicted octanol–water partition coefficient (Wildman–Crippen LogP) is -0.471. The molecule has 21 heavy (non-hydrogen) atoms. The van der Waals surface area contributed by atoms with Crippen LogP contribution in [0.25, 0.3) is 0 Å². The summed E-state index contributed by atoms with van der Waals surface area (Å²) in [5, 5.41) is 5.12. The first-order chi connectivity index (χ1) is 9.97. The average Bonchev–Trinajstić information content (AvgIpc) is 3.03. The highest BCUT2D eigenvalue weighted by molar-refractivity contribution is 6.04. The van der Waals surface area contributed by atoms with Gasteiger partial charge in [0, 0.05) is 6.04 Å². The summed E-state index contributed by atoms with van der Waals surface area (Å²) in [4.78, 5) is 46.9. The fourth-order valence-corrected chi connectivity index (χ4v) is 2.42. The molecule has 0 aromatic rings. The van der Waals surface area contributed by atoms with Gasteiger partial charge in [-0.3, -0.25) is 19.3 Å². The minimum atomic E-state index is -0.945. The molecule has 0 aromatic carbocycles. The van der Waals surface area contributed by atoms with E-state index in [9.17, 15) is 19.2 Å². The number of urea groups is 1. The van der Waals surface area contributed by atoms with E-state index in [0.717, 1.165) is 30.6 Å². The van der Waals surface area contributed by atoms with Crippen LogP contribution in [0.15, 0.2) is 0 Å². The standard InChI is InChI=1S/C13H19N3O5/c1-8(12(19)15-9-4-2-3-5-9)21-11(18)7-16-10(17)6-14-13(16)20/h8-9H,2-7H2,1H3,(H,14,20)(H,15,19). The lowest BCUT2D eigenvalue weighted by atomic mass is 10.2. The van der Waals surface area contributed by atoms with Crippen molar-refractivity contribution in [2.24, 2.45) is 0 Å². The van der Waals surface area contributed by atoms with Gasteiger partial charge in [-0.25, -0.2) is 4.79 Å². The van der Waals surface area contributed by atoms with E-state index in [0.29, 0.717) is 0 Å². The summed E-state index contributed by atoms with van der Waals surface area (Å²) in [6, 6.07) is -0.482. The largest absolute Gasteiger partial charge is 0.451 e. The van der Waals surface area contributed by atoms with E-state index < -0.39 is 30.6 Å². The highest BCUT2D eigenvalue weighted by Gasteiger charge is 2.32. The van der Waals surface area contributed by atoms with Gasteiger partial charge in [0.25, 0.3) is 11.8 Å². The Bertz CT molecular complexity index is 443. The number of esters is 1. The van der Waals surface area contributed by atoms with Gasteiger partial charge in [-0.1, -0.05) is 12.8 Å². The van der Waals surface area contributed by atoms with Crippen LogP contribution in [-0.2, 0) is 19.1 Å². The first-order valence-corrected chi connectivity index (χ1v) is 7.05. The molecule has 2 N–H and O–H groups in total. The zero-order valence-corrected chi connectivity index (χ0v) is 11.9. The summed E-state index contributed by atoms with van der Waals surface area (Å²) in [5.41, 5.74) is 0. The molecule has 0 aromatic heterocycles. The van der Waals surface area contributed by atoms with E-state index in [2.05, 4.69) is 10.6 Å². The van der Waals surface area contributed by atoms with Crippen LogP contribution >= 0.6 is 0 Å². The molecule has 1 aliphatic heterocycles. The Hall–Kier alpha value is -2.12. The maximum atomic E-state index is 11.9. The lowest BCUT2D eigenvalue weighted by Crippen LogP contribution is -2.43. The molecule has 1 aliphatic carbocycles. The fraction of sp³-hybridized carbons (Fsp3) is 0.692. The molecule has 0 radical (unpaired) electrons. The third-order valence-electron chi connectivity index (χ3n) is 3.60. The molecule has 2 aliphatic rings. The van der Waals surface area contributed by atoms with Crippen LogP contribution in [0.1, 0.15) is 32.6 Å². The number of carbonyl (C=O) groups excluding carboxylic acids is 4. The van der Waals surface area contributed by atoms with Crippen molar-refractivity contribution in [1.29, 1.82) is 0 Å². The van der Waals surface area contributed by atoms with Gasteiger partial charge in [-0.05, 0) is 19.8 Å². The zero-order valence-electron chi connectivity index (χ0n) is 11.9. The van der Waals surface area contributed by atoms with Crippen molar-refractivity contribution in [2.45, 2.75) is 44.8 Å². The molecule has 1 atom stereocenters. The van der Waals surface area contributed by atoms with Crippen molar-refractivity contribution in [1.82, 2.24) is 15.5 Å². The molecule has 0 bridgehead atoms. The smallest absolute Gasteiger partial charge is 0.327 e. The average molecular weight is 297 g/mol. The minimum absolute atomic E-state index is 0.121. The highest BCUT2D eigenvalue weighted by atomic mass is 16.5. The van der Waals surface area contributed by atoms with E-state index in [1.807, 2.05) is 0 Å². The van der Waals surface area contributed by atoms with Crippen LogP contribution in [-0.4, -0.2) is 54.0 Å². The number of rotatable bonds is 5. The maximum Gasteiger partial charge on any atom is 0.327 e. The van der Waals surface area contributed by atoms with Crippen LogP contribution < -0.4 is 10.6 Å². The summed E-state index contributed by atoms with van der Waals surface area (Å²) < 4.78 is 4.96. The Morgan fingerprint density at radius 1 is 1.38 bits per heavy atom. The molecule has 4 amide bonds. The summed E-state index contributed by atoms with van der Waals surface area (Å²) in [6.45, 7) is 0.865. The zero-order chi connectivity index (χ0) is 15.4. The molecule has 1 unspecified atom stereocenters. The normalized spacial score (nSPS) is 20.3. The van der Waals surface area contributed by atoms with Gasteiger partial charge in [-0.15, -0.1) is 0 Å². The first kappa shape index (κ1) is 15.3. The molecular formula is C13H19N3O5. The SMILES string of the molecule is CC(OC(=O)CN1C(=O)CNC1=O)C(=O)NC1CCCC1. The van der Waals surface area contributed by atoms with Crippen LogP contribution in [0.3, 0.4) is 0 Å². The molecule has 0 spiro atoms. The Morgan fingerprint density at radius 3 is 2.62 bits per heavy atom. The number of ether oxygens (including phenoxy) is 1. The number of amides is 4. The van der Waals surface area contributed by atoms with E-state index in [1.165, 1.54) is 6.92 Å². The molecule has 8 heteroatoms. The Morgan fingerprint density at radius 2 is 2.05 bits per heavy atom. The van der Waals surface area contributed by atoms with E-state index in [4.69, 9.17) is 4.74 Å². The van der Waals surface area contributed by atoms with Crippen LogP contribution in [0, 0.1) is 0 Å². The molecular weight excluding hydrogens is 278 g/mol. The lowest BCUT2D eigenvalue weighted by Gasteiger charge is -2.18. The summed E-state index contributed by atoms with van der Waals surface area (Å²) >= 11 is 0. The van der Waals surface area contributed by atoms with E-state index >= 15 is 0 Å². The second-order valence-corrected chi connectivity index (χ2v) is 5.26. The van der Waals surface area contributed by atoms with E-state index in [1.54, 1.807) is 0 Å². The fourth-order valence-electron chi connectivity index (χ4n) is 2.42. The van der Waals surface area contributed by atoms with Gasteiger partial charge in [0.2, 0.25) is 0 Å². The van der Waals surface area contributed by atoms with Gasteiger partial charge in [-0.2, -0.15) is 0 Å². The van der Waals surface area contributed by atoms with Gasteiger partial charge in [0.05, 0.1) is 6.54 Å². The van der Waals surface area contributed by atoms with Crippen molar-refractivity contribution in [3.05, 3.63) is 0 Å². The third-order valence-corrected chi connectivity index (χ3v) is 3.60. The van der Waals surface area contributed by atoms with Crippen LogP contribution in [0.4, 0.5) is 4.79 Å². The maximum absolute atomic E-state index is 11.9. The quantitative estimate of drug-likeness (QED) is 0.527. The molecule has 2 rings (SSSR count). The van der Waals surface area contributed by atoms with Gasteiger partial charge in [0.1, 0.15) is 6.54 Å². The van der Waals surface area contributed by atoms with Crippen molar-refractivity contribution >= 4 is 23.8 Å². The minimum Gasteiger partial charge on any atom is -0.451 e. The van der Waals surface area contributed by atoms with Gasteiger partial charge < -0.3 is 15.4 Å². The van der Waals surface area contributed by atoms with Gasteiger partial charge >= 0.3 is 12.0 Å². The monoisotopic (exact) mass is 297 g/mol. The molecule has 2 fully saturated rings. The number of carbonyl (C=O) groups is 4. The Kier molecular flexibility index (Phi) is 4.77. The highest BCUT2D eigenvalue weighted by Crippen LogP contribution is 2.17. The summed E-state index contributed by atoms with van der Waals surface area (Å²) in [5.74, 6) is -1.62.